The number of halogens is 2. The number of hydrogen-bond donors (Lipinski definition) is 2. The van der Waals surface area contributed by atoms with Crippen LogP contribution in [0.15, 0.2) is 47.7 Å². The second kappa shape index (κ2) is 7.53. The van der Waals surface area contributed by atoms with Gasteiger partial charge in [0.1, 0.15) is 5.82 Å². The topological polar surface area (TPSA) is 83.5 Å². The third-order valence-electron chi connectivity index (χ3n) is 2.44. The largest absolute Gasteiger partial charge is 0.329 e. The number of amides is 2. The predicted molar refractivity (Wildman–Crippen MR) is 85.1 cm³/mol. The minimum Gasteiger partial charge on any atom is -0.302 e. The van der Waals surface area contributed by atoms with Crippen molar-refractivity contribution in [1.29, 1.82) is 0 Å². The fraction of sp³-hybridized carbons (Fsp3) is 0. The fourth-order valence-corrected chi connectivity index (χ4v) is 1.88. The molecule has 0 fully saturated rings. The van der Waals surface area contributed by atoms with Gasteiger partial charge >= 0.3 is 11.8 Å². The zero-order chi connectivity index (χ0) is 15.9. The van der Waals surface area contributed by atoms with E-state index in [0.29, 0.717) is 15.6 Å². The first-order valence-electron chi connectivity index (χ1n) is 6.07. The molecule has 22 heavy (non-hydrogen) atoms. The van der Waals surface area contributed by atoms with Gasteiger partial charge in [0.15, 0.2) is 0 Å². The van der Waals surface area contributed by atoms with E-state index in [1.54, 1.807) is 36.4 Å². The van der Waals surface area contributed by atoms with Crippen molar-refractivity contribution in [2.24, 2.45) is 5.10 Å². The first kappa shape index (κ1) is 15.9. The van der Waals surface area contributed by atoms with Gasteiger partial charge in [0, 0.05) is 16.8 Å². The first-order valence-corrected chi connectivity index (χ1v) is 6.82. The molecule has 0 aliphatic heterocycles. The molecule has 2 amide bonds. The van der Waals surface area contributed by atoms with E-state index in [2.05, 4.69) is 20.8 Å². The Balaban J connectivity index is 1.92. The normalized spacial score (nSPS) is 10.5. The molecule has 1 aromatic heterocycles. The van der Waals surface area contributed by atoms with Crippen LogP contribution in [-0.4, -0.2) is 23.0 Å². The number of carbonyl (C=O) groups excluding carboxylic acids is 2. The average Bonchev–Trinajstić information content (AvgIpc) is 2.50. The van der Waals surface area contributed by atoms with Crippen LogP contribution in [0.3, 0.4) is 0 Å². The van der Waals surface area contributed by atoms with Crippen LogP contribution in [0.4, 0.5) is 5.82 Å². The quantitative estimate of drug-likeness (QED) is 0.513. The average molecular weight is 337 g/mol. The summed E-state index contributed by atoms with van der Waals surface area (Å²) in [7, 11) is 0. The number of hydrogen-bond acceptors (Lipinski definition) is 4. The molecule has 0 spiro atoms. The molecule has 6 nitrogen and oxygen atoms in total. The summed E-state index contributed by atoms with van der Waals surface area (Å²) < 4.78 is 0. The lowest BCUT2D eigenvalue weighted by Gasteiger charge is -2.02. The molecule has 8 heteroatoms. The fourth-order valence-electron chi connectivity index (χ4n) is 1.43. The SMILES string of the molecule is O=C(N/N=C\c1ccc(Cl)cc1Cl)C(=O)Nc1ccccn1. The lowest BCUT2D eigenvalue weighted by atomic mass is 10.2. The van der Waals surface area contributed by atoms with Gasteiger partial charge in [0.25, 0.3) is 0 Å². The van der Waals surface area contributed by atoms with Crippen molar-refractivity contribution < 1.29 is 9.59 Å². The summed E-state index contributed by atoms with van der Waals surface area (Å²) in [6.07, 6.45) is 2.80. The van der Waals surface area contributed by atoms with Crippen LogP contribution in [0.1, 0.15) is 5.56 Å². The number of anilines is 1. The summed E-state index contributed by atoms with van der Waals surface area (Å²) in [5.74, 6) is -1.53. The number of rotatable bonds is 3. The maximum Gasteiger partial charge on any atom is 0.329 e. The third-order valence-corrected chi connectivity index (χ3v) is 3.01. The van der Waals surface area contributed by atoms with Crippen LogP contribution in [0, 0.1) is 0 Å². The van der Waals surface area contributed by atoms with E-state index in [0.717, 1.165) is 0 Å². The zero-order valence-corrected chi connectivity index (χ0v) is 12.6. The summed E-state index contributed by atoms with van der Waals surface area (Å²) in [4.78, 5) is 27.0. The van der Waals surface area contributed by atoms with Crippen molar-refractivity contribution in [2.45, 2.75) is 0 Å². The lowest BCUT2D eigenvalue weighted by Crippen LogP contribution is -2.32. The third kappa shape index (κ3) is 4.54. The number of carbonyl (C=O) groups is 2. The van der Waals surface area contributed by atoms with Gasteiger partial charge in [0.05, 0.1) is 11.2 Å². The monoisotopic (exact) mass is 336 g/mol. The summed E-state index contributed by atoms with van der Waals surface area (Å²) >= 11 is 11.7. The second-order valence-electron chi connectivity index (χ2n) is 4.03. The molecule has 1 aromatic carbocycles. The van der Waals surface area contributed by atoms with Crippen molar-refractivity contribution >= 4 is 47.0 Å². The van der Waals surface area contributed by atoms with E-state index < -0.39 is 11.8 Å². The van der Waals surface area contributed by atoms with E-state index in [-0.39, 0.29) is 5.82 Å². The zero-order valence-electron chi connectivity index (χ0n) is 11.1. The summed E-state index contributed by atoms with van der Waals surface area (Å²) in [6, 6.07) is 9.73. The lowest BCUT2D eigenvalue weighted by molar-refractivity contribution is -0.136. The van der Waals surface area contributed by atoms with E-state index in [1.807, 2.05) is 0 Å². The molecule has 0 aliphatic rings. The Hall–Kier alpha value is -2.44. The van der Waals surface area contributed by atoms with E-state index in [9.17, 15) is 9.59 Å². The molecule has 2 N–H and O–H groups in total. The van der Waals surface area contributed by atoms with Crippen molar-refractivity contribution in [1.82, 2.24) is 10.4 Å². The Kier molecular flexibility index (Phi) is 5.46. The Morgan fingerprint density at radius 3 is 2.64 bits per heavy atom. The van der Waals surface area contributed by atoms with Gasteiger partial charge in [-0.05, 0) is 24.3 Å². The summed E-state index contributed by atoms with van der Waals surface area (Å²) in [5, 5.41) is 6.86. The molecule has 0 saturated heterocycles. The predicted octanol–water partition coefficient (Wildman–Crippen LogP) is 2.48. The molecule has 0 saturated carbocycles. The molecule has 2 rings (SSSR count). The Labute approximate surface area is 136 Å². The molecule has 0 bridgehead atoms. The smallest absolute Gasteiger partial charge is 0.302 e. The van der Waals surface area contributed by atoms with E-state index in [4.69, 9.17) is 23.2 Å². The highest BCUT2D eigenvalue weighted by molar-refractivity contribution is 6.39. The minimum atomic E-state index is -0.924. The number of nitrogens with zero attached hydrogens (tertiary/aromatic N) is 2. The number of hydrazone groups is 1. The molecule has 2 aromatic rings. The van der Waals surface area contributed by atoms with Gasteiger partial charge < -0.3 is 5.32 Å². The Bertz CT molecular complexity index is 720. The van der Waals surface area contributed by atoms with Crippen LogP contribution in [0.25, 0.3) is 0 Å². The first-order chi connectivity index (χ1) is 10.6. The van der Waals surface area contributed by atoms with E-state index >= 15 is 0 Å². The van der Waals surface area contributed by atoms with Crippen LogP contribution >= 0.6 is 23.2 Å². The molecule has 1 heterocycles. The molecular weight excluding hydrogens is 327 g/mol. The van der Waals surface area contributed by atoms with E-state index in [1.165, 1.54) is 12.4 Å². The summed E-state index contributed by atoms with van der Waals surface area (Å²) in [5.41, 5.74) is 2.64. The highest BCUT2D eigenvalue weighted by atomic mass is 35.5. The van der Waals surface area contributed by atoms with Gasteiger partial charge in [-0.1, -0.05) is 35.3 Å². The molecule has 0 unspecified atom stereocenters. The van der Waals surface area contributed by atoms with Crippen LogP contribution < -0.4 is 10.7 Å². The number of pyridine rings is 1. The van der Waals surface area contributed by atoms with Gasteiger partial charge in [-0.25, -0.2) is 10.4 Å². The van der Waals surface area contributed by atoms with Crippen molar-refractivity contribution in [3.63, 3.8) is 0 Å². The molecule has 0 aliphatic carbocycles. The number of aromatic nitrogens is 1. The summed E-state index contributed by atoms with van der Waals surface area (Å²) in [6.45, 7) is 0. The highest BCUT2D eigenvalue weighted by Gasteiger charge is 2.13. The second-order valence-corrected chi connectivity index (χ2v) is 4.88. The molecule has 112 valence electrons. The molecule has 0 atom stereocenters. The van der Waals surface area contributed by atoms with Crippen LogP contribution in [-0.2, 0) is 9.59 Å². The van der Waals surface area contributed by atoms with Gasteiger partial charge in [-0.15, -0.1) is 0 Å². The van der Waals surface area contributed by atoms with Gasteiger partial charge in [0.2, 0.25) is 0 Å². The van der Waals surface area contributed by atoms with Crippen molar-refractivity contribution in [2.75, 3.05) is 5.32 Å². The number of nitrogens with one attached hydrogen (secondary N) is 2. The van der Waals surface area contributed by atoms with Crippen LogP contribution in [0.5, 0.6) is 0 Å². The van der Waals surface area contributed by atoms with Gasteiger partial charge in [-0.2, -0.15) is 5.10 Å². The van der Waals surface area contributed by atoms with Crippen molar-refractivity contribution in [3.8, 4) is 0 Å². The molecular formula is C14H10Cl2N4O2. The Morgan fingerprint density at radius 1 is 1.14 bits per heavy atom. The van der Waals surface area contributed by atoms with Gasteiger partial charge in [-0.3, -0.25) is 9.59 Å². The maximum absolute atomic E-state index is 11.6. The standard InChI is InChI=1S/C14H10Cl2N4O2/c15-10-5-4-9(11(16)7-10)8-18-20-14(22)13(21)19-12-3-1-2-6-17-12/h1-8H,(H,20,22)(H,17,19,21)/b18-8-. The number of benzene rings is 1. The van der Waals surface area contributed by atoms with Crippen molar-refractivity contribution in [3.05, 3.63) is 58.2 Å². The highest BCUT2D eigenvalue weighted by Crippen LogP contribution is 2.19. The maximum atomic E-state index is 11.6. The Morgan fingerprint density at radius 2 is 1.95 bits per heavy atom. The molecule has 0 radical (unpaired) electrons. The minimum absolute atomic E-state index is 0.271. The van der Waals surface area contributed by atoms with Crippen LogP contribution in [0.2, 0.25) is 10.0 Å².